The number of rotatable bonds is 10. The van der Waals surface area contributed by atoms with Crippen LogP contribution >= 0.6 is 0 Å². The second kappa shape index (κ2) is 11.5. The molecule has 0 aliphatic heterocycles. The van der Waals surface area contributed by atoms with Crippen molar-refractivity contribution >= 4 is 5.97 Å². The monoisotopic (exact) mass is 216 g/mol. The van der Waals surface area contributed by atoms with Crippen molar-refractivity contribution in [2.45, 2.75) is 52.4 Å². The van der Waals surface area contributed by atoms with Crippen molar-refractivity contribution in [3.63, 3.8) is 0 Å². The number of ether oxygens (including phenoxy) is 2. The van der Waals surface area contributed by atoms with Crippen LogP contribution in [0.4, 0.5) is 0 Å². The Bertz CT molecular complexity index is 146. The molecule has 0 aliphatic rings. The quantitative estimate of drug-likeness (QED) is 0.416. The average Bonchev–Trinajstić information content (AvgIpc) is 2.23. The summed E-state index contributed by atoms with van der Waals surface area (Å²) in [5.74, 6) is -0.0557. The van der Waals surface area contributed by atoms with Crippen LogP contribution in [0.3, 0.4) is 0 Å². The third kappa shape index (κ3) is 11.4. The molecule has 0 saturated heterocycles. The number of carbonyl (C=O) groups excluding carboxylic acids is 1. The molecular formula is C12H24O3. The molecule has 0 fully saturated rings. The molecule has 0 aromatic carbocycles. The molecule has 0 unspecified atom stereocenters. The van der Waals surface area contributed by atoms with Gasteiger partial charge in [-0.25, -0.2) is 0 Å². The van der Waals surface area contributed by atoms with Gasteiger partial charge in [-0.3, -0.25) is 4.79 Å². The van der Waals surface area contributed by atoms with Crippen molar-refractivity contribution in [3.8, 4) is 0 Å². The molecule has 0 radical (unpaired) electrons. The van der Waals surface area contributed by atoms with Crippen LogP contribution in [0.5, 0.6) is 0 Å². The number of hydrogen-bond donors (Lipinski definition) is 0. The second-order valence-corrected chi connectivity index (χ2v) is 3.58. The minimum atomic E-state index is -0.0557. The summed E-state index contributed by atoms with van der Waals surface area (Å²) in [7, 11) is 0. The van der Waals surface area contributed by atoms with Crippen molar-refractivity contribution in [1.29, 1.82) is 0 Å². The molecule has 0 spiro atoms. The van der Waals surface area contributed by atoms with E-state index in [0.29, 0.717) is 13.0 Å². The van der Waals surface area contributed by atoms with E-state index < -0.39 is 0 Å². The number of esters is 1. The van der Waals surface area contributed by atoms with Crippen LogP contribution < -0.4 is 0 Å². The Balaban J connectivity index is 3.10. The van der Waals surface area contributed by atoms with Crippen LogP contribution in [0, 0.1) is 0 Å². The van der Waals surface area contributed by atoms with Crippen molar-refractivity contribution in [2.24, 2.45) is 0 Å². The van der Waals surface area contributed by atoms with Crippen LogP contribution in [-0.4, -0.2) is 25.8 Å². The fraction of sp³-hybridized carbons (Fsp3) is 0.917. The highest BCUT2D eigenvalue weighted by Gasteiger charge is 2.01. The zero-order valence-electron chi connectivity index (χ0n) is 10.1. The first kappa shape index (κ1) is 14.4. The lowest BCUT2D eigenvalue weighted by Gasteiger charge is -2.04. The molecule has 0 heterocycles. The standard InChI is InChI=1S/C12H24O3/c1-3-5-6-9-12(13)15-11-8-7-10-14-4-2/h3-11H2,1-2H3. The highest BCUT2D eigenvalue weighted by atomic mass is 16.5. The van der Waals surface area contributed by atoms with Gasteiger partial charge in [0.15, 0.2) is 0 Å². The van der Waals surface area contributed by atoms with Gasteiger partial charge in [-0.2, -0.15) is 0 Å². The number of hydrogen-bond acceptors (Lipinski definition) is 3. The van der Waals surface area contributed by atoms with Crippen molar-refractivity contribution < 1.29 is 14.3 Å². The molecule has 90 valence electrons. The number of unbranched alkanes of at least 4 members (excludes halogenated alkanes) is 3. The van der Waals surface area contributed by atoms with E-state index in [-0.39, 0.29) is 5.97 Å². The Morgan fingerprint density at radius 3 is 2.40 bits per heavy atom. The van der Waals surface area contributed by atoms with Gasteiger partial charge in [0.1, 0.15) is 0 Å². The summed E-state index contributed by atoms with van der Waals surface area (Å²) < 4.78 is 10.3. The summed E-state index contributed by atoms with van der Waals surface area (Å²) in [6.45, 7) is 6.17. The zero-order valence-corrected chi connectivity index (χ0v) is 10.1. The molecule has 3 nitrogen and oxygen atoms in total. The average molecular weight is 216 g/mol. The topological polar surface area (TPSA) is 35.5 Å². The second-order valence-electron chi connectivity index (χ2n) is 3.58. The fourth-order valence-electron chi connectivity index (χ4n) is 1.23. The molecule has 0 atom stereocenters. The lowest BCUT2D eigenvalue weighted by Crippen LogP contribution is -2.06. The Morgan fingerprint density at radius 2 is 1.73 bits per heavy atom. The maximum atomic E-state index is 11.2. The molecule has 0 saturated carbocycles. The zero-order chi connectivity index (χ0) is 11.4. The third-order valence-electron chi connectivity index (χ3n) is 2.13. The first-order chi connectivity index (χ1) is 7.31. The van der Waals surface area contributed by atoms with Gasteiger partial charge >= 0.3 is 5.97 Å². The van der Waals surface area contributed by atoms with Crippen molar-refractivity contribution in [1.82, 2.24) is 0 Å². The smallest absolute Gasteiger partial charge is 0.305 e. The molecule has 0 N–H and O–H groups in total. The van der Waals surface area contributed by atoms with Gasteiger partial charge in [-0.15, -0.1) is 0 Å². The molecule has 0 amide bonds. The predicted octanol–water partition coefficient (Wildman–Crippen LogP) is 2.93. The van der Waals surface area contributed by atoms with Crippen molar-refractivity contribution in [3.05, 3.63) is 0 Å². The van der Waals surface area contributed by atoms with Crippen molar-refractivity contribution in [2.75, 3.05) is 19.8 Å². The molecular weight excluding hydrogens is 192 g/mol. The van der Waals surface area contributed by atoms with Crippen LogP contribution in [0.1, 0.15) is 52.4 Å². The maximum Gasteiger partial charge on any atom is 0.305 e. The summed E-state index contributed by atoms with van der Waals surface area (Å²) in [6.07, 6.45) is 5.64. The number of carbonyl (C=O) groups is 1. The van der Waals surface area contributed by atoms with E-state index in [4.69, 9.17) is 9.47 Å². The summed E-state index contributed by atoms with van der Waals surface area (Å²) in [6, 6.07) is 0. The van der Waals surface area contributed by atoms with Gasteiger partial charge in [0, 0.05) is 19.6 Å². The van der Waals surface area contributed by atoms with Gasteiger partial charge in [0.2, 0.25) is 0 Å². The van der Waals surface area contributed by atoms with Crippen LogP contribution in [-0.2, 0) is 14.3 Å². The van der Waals surface area contributed by atoms with E-state index >= 15 is 0 Å². The molecule has 3 heteroatoms. The van der Waals surface area contributed by atoms with E-state index in [0.717, 1.165) is 45.3 Å². The highest BCUT2D eigenvalue weighted by Crippen LogP contribution is 2.01. The Hall–Kier alpha value is -0.570. The normalized spacial score (nSPS) is 10.3. The Kier molecular flexibility index (Phi) is 11.1. The Labute approximate surface area is 93.1 Å². The van der Waals surface area contributed by atoms with E-state index in [1.165, 1.54) is 0 Å². The van der Waals surface area contributed by atoms with E-state index in [1.54, 1.807) is 0 Å². The summed E-state index contributed by atoms with van der Waals surface area (Å²) in [4.78, 5) is 11.2. The SMILES string of the molecule is CCCCCC(=O)OCCCCOCC. The first-order valence-electron chi connectivity index (χ1n) is 6.04. The minimum absolute atomic E-state index is 0.0557. The molecule has 0 aromatic heterocycles. The molecule has 0 bridgehead atoms. The van der Waals surface area contributed by atoms with Gasteiger partial charge in [0.05, 0.1) is 6.61 Å². The van der Waals surface area contributed by atoms with Gasteiger partial charge in [0.25, 0.3) is 0 Å². The highest BCUT2D eigenvalue weighted by molar-refractivity contribution is 5.69. The van der Waals surface area contributed by atoms with Gasteiger partial charge in [-0.1, -0.05) is 19.8 Å². The lowest BCUT2D eigenvalue weighted by molar-refractivity contribution is -0.144. The summed E-state index contributed by atoms with van der Waals surface area (Å²) in [5, 5.41) is 0. The third-order valence-corrected chi connectivity index (χ3v) is 2.13. The summed E-state index contributed by atoms with van der Waals surface area (Å²) in [5.41, 5.74) is 0. The first-order valence-corrected chi connectivity index (χ1v) is 6.04. The lowest BCUT2D eigenvalue weighted by atomic mass is 10.2. The van der Waals surface area contributed by atoms with Crippen LogP contribution in [0.25, 0.3) is 0 Å². The predicted molar refractivity (Wildman–Crippen MR) is 60.8 cm³/mol. The maximum absolute atomic E-state index is 11.2. The molecule has 0 rings (SSSR count). The molecule has 15 heavy (non-hydrogen) atoms. The fourth-order valence-corrected chi connectivity index (χ4v) is 1.23. The van der Waals surface area contributed by atoms with E-state index in [1.807, 2.05) is 6.92 Å². The minimum Gasteiger partial charge on any atom is -0.466 e. The van der Waals surface area contributed by atoms with Crippen LogP contribution in [0.15, 0.2) is 0 Å². The van der Waals surface area contributed by atoms with Crippen LogP contribution in [0.2, 0.25) is 0 Å². The summed E-state index contributed by atoms with van der Waals surface area (Å²) >= 11 is 0. The molecule has 0 aromatic rings. The van der Waals surface area contributed by atoms with E-state index in [2.05, 4.69) is 6.92 Å². The van der Waals surface area contributed by atoms with Gasteiger partial charge < -0.3 is 9.47 Å². The van der Waals surface area contributed by atoms with E-state index in [9.17, 15) is 4.79 Å². The molecule has 0 aliphatic carbocycles. The largest absolute Gasteiger partial charge is 0.466 e. The Morgan fingerprint density at radius 1 is 1.00 bits per heavy atom. The van der Waals surface area contributed by atoms with Gasteiger partial charge in [-0.05, 0) is 26.2 Å².